The van der Waals surface area contributed by atoms with Gasteiger partial charge < -0.3 is 30.1 Å². The predicted molar refractivity (Wildman–Crippen MR) is 604 cm³/mol. The van der Waals surface area contributed by atoms with Crippen molar-refractivity contribution in [2.45, 2.75) is 476 Å². The third-order valence-electron chi connectivity index (χ3n) is 28.6. The van der Waals surface area contributed by atoms with E-state index in [1.54, 1.807) is 0 Å². The maximum atomic E-state index is 6.43. The number of imidazole rings is 3. The average Bonchev–Trinajstić information content (AvgIpc) is 1.61. The minimum absolute atomic E-state index is 0.145. The standard InChI is InChI=1S/C43H66N4.C42H64N4.C41H63N5/c1-6-8-10-11-12-13-14-15-16-17-18-19-20-23-31-44-33-35-27-29-36(30-28-35)34-47-40(26-9-7-2)46-41-39(32-43(3,4)5)45-38-25-22-21-24-37(38)42(41)47;1-6-8-10-11-12-13-14-15-16-17-18-19-22-30-43-32-34-26-28-35(29-27-34)33-46-39(25-9-7-2)45-40-38(31-42(3,4)5)44-37-24-21-20-23-36(37)41(40)46;1-6-8-10-11-12-13-14-15-16-17-18-19-22-30-45(41(3,4)5)31-33-26-28-34(29-27-33)32-46-37(25-9-7-2)44-38-39(46)35-23-20-21-24-36(35)43-40(38)42/h21-22,24-25,27-30,44H,6-20,23,26,31-34H2,1-5H3;20-21,23-24,26-29,43H,6-19,22,25,30-33H2,1-5H3;20-21,23-24,26-29H,6-19,22,25,30-32H2,1-5H3,(H2,42,43). The van der Waals surface area contributed by atoms with Crippen molar-refractivity contribution in [2.24, 2.45) is 10.8 Å². The fourth-order valence-corrected chi connectivity index (χ4v) is 20.3. The molecule has 0 amide bonds. The number of benzene rings is 6. The van der Waals surface area contributed by atoms with Crippen molar-refractivity contribution in [1.82, 2.24) is 59.1 Å². The summed E-state index contributed by atoms with van der Waals surface area (Å²) in [6.07, 6.45) is 67.9. The van der Waals surface area contributed by atoms with E-state index < -0.39 is 0 Å². The van der Waals surface area contributed by atoms with Crippen LogP contribution in [0.4, 0.5) is 5.82 Å². The molecule has 762 valence electrons. The number of nitrogens with one attached hydrogen (secondary N) is 2. The first-order valence-electron chi connectivity index (χ1n) is 57.1. The molecule has 6 aromatic carbocycles. The number of hydrogen-bond acceptors (Lipinski definition) is 10. The largest absolute Gasteiger partial charge is 0.382 e. The van der Waals surface area contributed by atoms with Gasteiger partial charge in [-0.05, 0) is 154 Å². The molecule has 12 aromatic rings. The first kappa shape index (κ1) is 113. The van der Waals surface area contributed by atoms with Crippen LogP contribution in [0.25, 0.3) is 65.8 Å². The number of hydrogen-bond donors (Lipinski definition) is 3. The number of nitrogens with two attached hydrogens (primary N) is 1. The third-order valence-corrected chi connectivity index (χ3v) is 28.6. The van der Waals surface area contributed by atoms with Gasteiger partial charge in [-0.3, -0.25) is 14.9 Å². The van der Waals surface area contributed by atoms with Gasteiger partial charge in [0.1, 0.15) is 34.0 Å². The maximum absolute atomic E-state index is 6.43. The number of nitrogens with zero attached hydrogens (tertiary/aromatic N) is 10. The van der Waals surface area contributed by atoms with Gasteiger partial charge in [0, 0.05) is 80.2 Å². The molecule has 0 radical (unpaired) electrons. The summed E-state index contributed by atoms with van der Waals surface area (Å²) in [5, 5.41) is 10.9. The molecule has 0 unspecified atom stereocenters. The predicted octanol–water partition coefficient (Wildman–Crippen LogP) is 35.1. The molecule has 12 rings (SSSR count). The van der Waals surface area contributed by atoms with Gasteiger partial charge in [-0.15, -0.1) is 0 Å². The van der Waals surface area contributed by atoms with Crippen LogP contribution in [0.15, 0.2) is 146 Å². The van der Waals surface area contributed by atoms with Crippen LogP contribution in [0.1, 0.15) is 461 Å². The Morgan fingerprint density at radius 3 is 0.835 bits per heavy atom. The molecular weight excluding hydrogens is 1700 g/mol. The smallest absolute Gasteiger partial charge is 0.152 e. The quantitative estimate of drug-likeness (QED) is 0.0315. The van der Waals surface area contributed by atoms with Crippen LogP contribution >= 0.6 is 0 Å². The number of pyridine rings is 3. The lowest BCUT2D eigenvalue weighted by Crippen LogP contribution is -2.41. The Hall–Kier alpha value is -8.36. The number of aryl methyl sites for hydroxylation is 3. The lowest BCUT2D eigenvalue weighted by molar-refractivity contribution is 0.124. The minimum Gasteiger partial charge on any atom is -0.382 e. The van der Waals surface area contributed by atoms with E-state index >= 15 is 0 Å². The zero-order valence-electron chi connectivity index (χ0n) is 90.8. The number of rotatable bonds is 66. The molecule has 0 aliphatic rings. The van der Waals surface area contributed by atoms with E-state index in [4.69, 9.17) is 30.7 Å². The van der Waals surface area contributed by atoms with Gasteiger partial charge in [-0.1, -0.05) is 467 Å². The highest BCUT2D eigenvalue weighted by molar-refractivity contribution is 6.07. The summed E-state index contributed by atoms with van der Waals surface area (Å²) in [6, 6.07) is 53.3. The van der Waals surface area contributed by atoms with E-state index in [2.05, 4.69) is 272 Å². The lowest BCUT2D eigenvalue weighted by atomic mass is 9.89. The average molecular weight is 1890 g/mol. The van der Waals surface area contributed by atoms with Crippen LogP contribution in [0.2, 0.25) is 0 Å². The van der Waals surface area contributed by atoms with Crippen LogP contribution in [-0.4, -0.2) is 73.7 Å². The second-order valence-corrected chi connectivity index (χ2v) is 44.9. The molecule has 13 heteroatoms. The molecule has 0 spiro atoms. The molecule has 0 aliphatic carbocycles. The number of unbranched alkanes of at least 4 members (excludes halogenated alkanes) is 40. The number of anilines is 1. The summed E-state index contributed by atoms with van der Waals surface area (Å²) < 4.78 is 7.36. The fraction of sp³-hybridized carbons (Fsp3) is 0.619. The minimum atomic E-state index is 0.145. The van der Waals surface area contributed by atoms with Gasteiger partial charge in [-0.25, -0.2) is 19.9 Å². The zero-order chi connectivity index (χ0) is 98.7. The Morgan fingerprint density at radius 2 is 0.532 bits per heavy atom. The van der Waals surface area contributed by atoms with Gasteiger partial charge in [0.15, 0.2) is 5.82 Å². The molecule has 6 aromatic heterocycles. The van der Waals surface area contributed by atoms with E-state index in [0.29, 0.717) is 5.82 Å². The van der Waals surface area contributed by atoms with Crippen LogP contribution in [-0.2, 0) is 71.4 Å². The number of fused-ring (bicyclic) bond motifs is 9. The van der Waals surface area contributed by atoms with Crippen molar-refractivity contribution in [1.29, 1.82) is 0 Å². The molecule has 0 aliphatic heterocycles. The summed E-state index contributed by atoms with van der Waals surface area (Å²) in [7, 11) is 0. The molecule has 0 saturated carbocycles. The molecule has 6 heterocycles. The Balaban J connectivity index is 0.000000215. The van der Waals surface area contributed by atoms with Crippen molar-refractivity contribution >= 4 is 71.6 Å². The molecule has 0 bridgehead atoms. The van der Waals surface area contributed by atoms with Gasteiger partial charge in [0.25, 0.3) is 0 Å². The summed E-state index contributed by atoms with van der Waals surface area (Å²) >= 11 is 0. The van der Waals surface area contributed by atoms with Crippen LogP contribution < -0.4 is 16.4 Å². The maximum Gasteiger partial charge on any atom is 0.152 e. The number of aromatic nitrogens is 9. The molecule has 0 saturated heterocycles. The Labute approximate surface area is 845 Å². The monoisotopic (exact) mass is 1890 g/mol. The highest BCUT2D eigenvalue weighted by Crippen LogP contribution is 2.37. The molecule has 139 heavy (non-hydrogen) atoms. The number of para-hydroxylation sites is 3. The third kappa shape index (κ3) is 39.0. The van der Waals surface area contributed by atoms with E-state index in [9.17, 15) is 0 Å². The zero-order valence-corrected chi connectivity index (χ0v) is 90.8. The second kappa shape index (κ2) is 62.3. The van der Waals surface area contributed by atoms with E-state index in [0.717, 1.165) is 191 Å². The van der Waals surface area contributed by atoms with E-state index in [-0.39, 0.29) is 16.4 Å². The summed E-state index contributed by atoms with van der Waals surface area (Å²) in [6.45, 7) is 43.2. The van der Waals surface area contributed by atoms with Crippen molar-refractivity contribution in [3.63, 3.8) is 0 Å². The number of nitrogen functional groups attached to an aromatic ring is 1. The van der Waals surface area contributed by atoms with Gasteiger partial charge in [0.2, 0.25) is 0 Å². The highest BCUT2D eigenvalue weighted by atomic mass is 15.2. The normalized spacial score (nSPS) is 12.1. The Bertz CT molecular complexity index is 5370. The van der Waals surface area contributed by atoms with Gasteiger partial charge in [-0.2, -0.15) is 0 Å². The Morgan fingerprint density at radius 1 is 0.273 bits per heavy atom. The van der Waals surface area contributed by atoms with Gasteiger partial charge >= 0.3 is 0 Å². The van der Waals surface area contributed by atoms with Crippen molar-refractivity contribution in [3.8, 4) is 0 Å². The first-order valence-corrected chi connectivity index (χ1v) is 57.1. The van der Waals surface area contributed by atoms with Crippen molar-refractivity contribution in [3.05, 3.63) is 208 Å². The van der Waals surface area contributed by atoms with E-state index in [1.807, 2.05) is 12.1 Å². The molecule has 4 N–H and O–H groups in total. The fourth-order valence-electron chi connectivity index (χ4n) is 20.3. The van der Waals surface area contributed by atoms with Crippen LogP contribution in [0, 0.1) is 10.8 Å². The highest BCUT2D eigenvalue weighted by Gasteiger charge is 2.27. The molecule has 0 fully saturated rings. The van der Waals surface area contributed by atoms with Gasteiger partial charge in [0.05, 0.1) is 44.5 Å². The van der Waals surface area contributed by atoms with Crippen LogP contribution in [0.3, 0.4) is 0 Å². The summed E-state index contributed by atoms with van der Waals surface area (Å²) in [5.41, 5.74) is 26.9. The van der Waals surface area contributed by atoms with Crippen molar-refractivity contribution in [2.75, 3.05) is 25.4 Å². The summed E-state index contributed by atoms with van der Waals surface area (Å²) in [5.74, 6) is 4.00. The van der Waals surface area contributed by atoms with Crippen LogP contribution in [0.5, 0.6) is 0 Å². The first-order chi connectivity index (χ1) is 67.6. The SMILES string of the molecule is CCCCCCCCCCCCCCCCNCc1ccc(Cn2c(CCCC)nc3c(CC(C)(C)C)nc4ccccc4c32)cc1.CCCCCCCCCCCCCCCN(Cc1ccc(Cn2c(CCCC)nc3c(N)nc4ccccc4c32)cc1)C(C)(C)C.CCCCCCCCCCCCCCCNCc1ccc(Cn2c(CCCC)nc3c(CC(C)(C)C)nc4ccccc4c32)cc1. The topological polar surface area (TPSA) is 145 Å². The molecular formula is C126H193N13. The summed E-state index contributed by atoms with van der Waals surface area (Å²) in [4.78, 5) is 33.2. The second-order valence-electron chi connectivity index (χ2n) is 44.9. The Kier molecular flexibility index (Phi) is 50.4. The van der Waals surface area contributed by atoms with Crippen molar-refractivity contribution < 1.29 is 0 Å². The molecule has 0 atom stereocenters. The lowest BCUT2D eigenvalue weighted by Gasteiger charge is -2.36. The molecule has 13 nitrogen and oxygen atoms in total. The van der Waals surface area contributed by atoms with E-state index in [1.165, 1.54) is 324 Å².